The average molecular weight is 607 g/mol. The van der Waals surface area contributed by atoms with E-state index in [1.165, 1.54) is 5.56 Å². The van der Waals surface area contributed by atoms with Crippen LogP contribution in [0.1, 0.15) is 46.3 Å². The third kappa shape index (κ3) is 10.7. The third-order valence-corrected chi connectivity index (χ3v) is 7.03. The lowest BCUT2D eigenvalue weighted by Gasteiger charge is -2.18. The van der Waals surface area contributed by atoms with Gasteiger partial charge in [0.2, 0.25) is 5.91 Å². The highest BCUT2D eigenvalue weighted by Crippen LogP contribution is 2.26. The van der Waals surface area contributed by atoms with Crippen LogP contribution in [0.25, 0.3) is 6.08 Å². The van der Waals surface area contributed by atoms with Crippen LogP contribution in [0, 0.1) is 6.92 Å². The second-order valence-corrected chi connectivity index (χ2v) is 10.5. The molecular formula is C37H38N2O6. The summed E-state index contributed by atoms with van der Waals surface area (Å²) in [6, 6.07) is 29.7. The van der Waals surface area contributed by atoms with E-state index >= 15 is 0 Å². The second-order valence-electron chi connectivity index (χ2n) is 10.5. The number of carbonyl (C=O) groups excluding carboxylic acids is 2. The molecule has 0 radical (unpaired) electrons. The average Bonchev–Trinajstić information content (AvgIpc) is 3.05. The molecule has 1 amide bonds. The van der Waals surface area contributed by atoms with Crippen molar-refractivity contribution in [3.8, 4) is 11.5 Å². The molecule has 0 aliphatic carbocycles. The van der Waals surface area contributed by atoms with Gasteiger partial charge in [0, 0.05) is 19.4 Å². The molecule has 3 N–H and O–H groups in total. The molecule has 0 bridgehead atoms. The van der Waals surface area contributed by atoms with Crippen molar-refractivity contribution in [2.24, 2.45) is 0 Å². The van der Waals surface area contributed by atoms with Gasteiger partial charge in [-0.2, -0.15) is 0 Å². The molecule has 0 saturated carbocycles. The van der Waals surface area contributed by atoms with E-state index in [4.69, 9.17) is 9.47 Å². The number of anilines is 1. The monoisotopic (exact) mass is 606 g/mol. The van der Waals surface area contributed by atoms with Gasteiger partial charge < -0.3 is 25.2 Å². The number of aliphatic carboxylic acids is 1. The number of amides is 1. The SMILES string of the molecule is Cc1ccccc1C=CCCC(=O)NCCCOc1ccc(CC(Nc2ccccc2OC(=O)c2ccccc2)C(=O)O)cc1. The molecule has 4 aromatic rings. The summed E-state index contributed by atoms with van der Waals surface area (Å²) in [6.45, 7) is 3.02. The minimum absolute atomic E-state index is 0.00682. The lowest BCUT2D eigenvalue weighted by atomic mass is 10.1. The molecular weight excluding hydrogens is 568 g/mol. The first kappa shape index (κ1) is 32.5. The van der Waals surface area contributed by atoms with Crippen LogP contribution in [0.2, 0.25) is 0 Å². The van der Waals surface area contributed by atoms with Crippen LogP contribution in [-0.2, 0) is 16.0 Å². The quantitative estimate of drug-likeness (QED) is 0.0739. The summed E-state index contributed by atoms with van der Waals surface area (Å²) in [6.07, 6.45) is 6.03. The molecule has 8 heteroatoms. The number of benzene rings is 4. The Bertz CT molecular complexity index is 1580. The van der Waals surface area contributed by atoms with Crippen molar-refractivity contribution in [1.82, 2.24) is 5.32 Å². The molecule has 0 spiro atoms. The third-order valence-electron chi connectivity index (χ3n) is 7.03. The van der Waals surface area contributed by atoms with E-state index in [0.29, 0.717) is 49.4 Å². The Labute approximate surface area is 263 Å². The molecule has 0 aromatic heterocycles. The van der Waals surface area contributed by atoms with Crippen LogP contribution < -0.4 is 20.1 Å². The van der Waals surface area contributed by atoms with Gasteiger partial charge in [-0.25, -0.2) is 9.59 Å². The largest absolute Gasteiger partial charge is 0.494 e. The van der Waals surface area contributed by atoms with Gasteiger partial charge in [-0.15, -0.1) is 0 Å². The number of rotatable bonds is 16. The van der Waals surface area contributed by atoms with E-state index < -0.39 is 18.0 Å². The van der Waals surface area contributed by atoms with Crippen molar-refractivity contribution in [1.29, 1.82) is 0 Å². The minimum Gasteiger partial charge on any atom is -0.494 e. The topological polar surface area (TPSA) is 114 Å². The Morgan fingerprint density at radius 3 is 2.33 bits per heavy atom. The standard InChI is InChI=1S/C37H38N2O6/c1-27-12-5-6-13-29(27)14-7-10-19-35(40)38-24-11-25-44-31-22-20-28(21-23-31)26-33(36(41)42)39-32-17-8-9-18-34(32)45-37(43)30-15-3-2-4-16-30/h2-9,12-18,20-23,33,39H,10-11,19,24-26H2,1H3,(H,38,40)(H,41,42). The smallest absolute Gasteiger partial charge is 0.343 e. The van der Waals surface area contributed by atoms with Gasteiger partial charge >= 0.3 is 11.9 Å². The fourth-order valence-corrected chi connectivity index (χ4v) is 4.53. The van der Waals surface area contributed by atoms with Gasteiger partial charge in [-0.05, 0) is 72.9 Å². The van der Waals surface area contributed by atoms with Crippen molar-refractivity contribution in [2.45, 2.75) is 38.6 Å². The molecule has 4 rings (SSSR count). The lowest BCUT2D eigenvalue weighted by molar-refractivity contribution is -0.137. The Balaban J connectivity index is 1.19. The maximum atomic E-state index is 12.5. The number of hydrogen-bond acceptors (Lipinski definition) is 6. The van der Waals surface area contributed by atoms with Gasteiger partial charge in [0.25, 0.3) is 0 Å². The Kier molecular flexibility index (Phi) is 12.3. The molecule has 4 aromatic carbocycles. The zero-order valence-corrected chi connectivity index (χ0v) is 25.3. The number of carboxylic acids is 1. The molecule has 0 saturated heterocycles. The van der Waals surface area contributed by atoms with Crippen LogP contribution >= 0.6 is 0 Å². The Morgan fingerprint density at radius 1 is 0.867 bits per heavy atom. The summed E-state index contributed by atoms with van der Waals surface area (Å²) in [5.41, 5.74) is 3.96. The van der Waals surface area contributed by atoms with Gasteiger partial charge in [0.1, 0.15) is 11.8 Å². The lowest BCUT2D eigenvalue weighted by Crippen LogP contribution is -2.31. The van der Waals surface area contributed by atoms with Gasteiger partial charge in [-0.3, -0.25) is 4.79 Å². The summed E-state index contributed by atoms with van der Waals surface area (Å²) in [5.74, 6) is -0.662. The predicted octanol–water partition coefficient (Wildman–Crippen LogP) is 6.70. The van der Waals surface area contributed by atoms with Crippen molar-refractivity contribution in [3.05, 3.63) is 131 Å². The first-order chi connectivity index (χ1) is 21.9. The summed E-state index contributed by atoms with van der Waals surface area (Å²) in [4.78, 5) is 36.8. The molecule has 0 aliphatic heterocycles. The minimum atomic E-state index is -1.04. The summed E-state index contributed by atoms with van der Waals surface area (Å²) in [7, 11) is 0. The number of aryl methyl sites for hydroxylation is 1. The molecule has 0 heterocycles. The van der Waals surface area contributed by atoms with Crippen molar-refractivity contribution < 1.29 is 29.0 Å². The molecule has 0 aliphatic rings. The molecule has 8 nitrogen and oxygen atoms in total. The number of carbonyl (C=O) groups is 3. The van der Waals surface area contributed by atoms with E-state index in [-0.39, 0.29) is 18.1 Å². The number of allylic oxidation sites excluding steroid dienone is 1. The van der Waals surface area contributed by atoms with E-state index in [2.05, 4.69) is 29.7 Å². The second kappa shape index (κ2) is 17.1. The van der Waals surface area contributed by atoms with Gasteiger partial charge in [0.05, 0.1) is 17.9 Å². The number of ether oxygens (including phenoxy) is 2. The molecule has 1 atom stereocenters. The maximum absolute atomic E-state index is 12.5. The van der Waals surface area contributed by atoms with Crippen LogP contribution in [0.15, 0.2) is 109 Å². The van der Waals surface area contributed by atoms with Crippen molar-refractivity contribution in [3.63, 3.8) is 0 Å². The van der Waals surface area contributed by atoms with E-state index in [1.807, 2.05) is 36.4 Å². The molecule has 0 fully saturated rings. The van der Waals surface area contributed by atoms with Crippen LogP contribution in [0.3, 0.4) is 0 Å². The van der Waals surface area contributed by atoms with Gasteiger partial charge in [0.15, 0.2) is 5.75 Å². The van der Waals surface area contributed by atoms with Gasteiger partial charge in [-0.1, -0.05) is 78.9 Å². The number of carboxylic acid groups (broad SMARTS) is 1. The number of hydrogen-bond donors (Lipinski definition) is 3. The summed E-state index contributed by atoms with van der Waals surface area (Å²) < 4.78 is 11.3. The summed E-state index contributed by atoms with van der Waals surface area (Å²) in [5, 5.41) is 15.8. The predicted molar refractivity (Wildman–Crippen MR) is 176 cm³/mol. The Hall–Kier alpha value is -5.37. The first-order valence-electron chi connectivity index (χ1n) is 15.0. The number of para-hydroxylation sites is 2. The highest BCUT2D eigenvalue weighted by molar-refractivity contribution is 5.92. The highest BCUT2D eigenvalue weighted by Gasteiger charge is 2.20. The fourth-order valence-electron chi connectivity index (χ4n) is 4.53. The molecule has 1 unspecified atom stereocenters. The highest BCUT2D eigenvalue weighted by atomic mass is 16.5. The van der Waals surface area contributed by atoms with E-state index in [0.717, 1.165) is 11.1 Å². The van der Waals surface area contributed by atoms with Crippen LogP contribution in [-0.4, -0.2) is 42.1 Å². The van der Waals surface area contributed by atoms with E-state index in [9.17, 15) is 19.5 Å². The normalized spacial score (nSPS) is 11.5. The molecule has 45 heavy (non-hydrogen) atoms. The molecule has 232 valence electrons. The number of esters is 1. The zero-order chi connectivity index (χ0) is 31.9. The van der Waals surface area contributed by atoms with Crippen molar-refractivity contribution in [2.75, 3.05) is 18.5 Å². The Morgan fingerprint density at radius 2 is 1.58 bits per heavy atom. The number of nitrogens with one attached hydrogen (secondary N) is 2. The zero-order valence-electron chi connectivity index (χ0n) is 25.3. The van der Waals surface area contributed by atoms with Crippen LogP contribution in [0.4, 0.5) is 5.69 Å². The van der Waals surface area contributed by atoms with E-state index in [1.54, 1.807) is 66.7 Å². The van der Waals surface area contributed by atoms with Crippen molar-refractivity contribution >= 4 is 29.6 Å². The van der Waals surface area contributed by atoms with Crippen LogP contribution in [0.5, 0.6) is 11.5 Å². The maximum Gasteiger partial charge on any atom is 0.343 e. The first-order valence-corrected chi connectivity index (χ1v) is 15.0. The fraction of sp³-hybridized carbons (Fsp3) is 0.216. The summed E-state index contributed by atoms with van der Waals surface area (Å²) >= 11 is 0.